The molecule has 1 rings (SSSR count). The maximum absolute atomic E-state index is 2.16. The van der Waals surface area contributed by atoms with Crippen molar-refractivity contribution in [2.75, 3.05) is 0 Å². The van der Waals surface area contributed by atoms with Crippen LogP contribution in [0, 0.1) is 0 Å². The first-order valence-electron chi connectivity index (χ1n) is 2.97. The molecule has 0 bridgehead atoms. The van der Waals surface area contributed by atoms with Gasteiger partial charge >= 0.3 is 26.6 Å². The Morgan fingerprint density at radius 2 is 1.67 bits per heavy atom. The van der Waals surface area contributed by atoms with E-state index >= 15 is 0 Å². The van der Waals surface area contributed by atoms with Gasteiger partial charge in [0.1, 0.15) is 0 Å². The molecule has 0 N–H and O–H groups in total. The van der Waals surface area contributed by atoms with Gasteiger partial charge < -0.3 is 0 Å². The van der Waals surface area contributed by atoms with Gasteiger partial charge in [0, 0.05) is 0 Å². The molecule has 50 valence electrons. The summed E-state index contributed by atoms with van der Waals surface area (Å²) in [7, 11) is 0. The first-order valence-corrected chi connectivity index (χ1v) is 2.97. The predicted molar refractivity (Wildman–Crippen MR) is 44.4 cm³/mol. The number of aryl methyl sites for hydroxylation is 1. The zero-order valence-corrected chi connectivity index (χ0v) is 9.48. The van der Waals surface area contributed by atoms with Crippen molar-refractivity contribution in [2.24, 2.45) is 0 Å². The molecule has 1 heteroatoms. The molecule has 1 aromatic rings. The van der Waals surface area contributed by atoms with Gasteiger partial charge in [-0.15, -0.1) is 0 Å². The van der Waals surface area contributed by atoms with Crippen LogP contribution in [0.15, 0.2) is 30.3 Å². The van der Waals surface area contributed by atoms with Crippen LogP contribution in [-0.2, 0) is 6.42 Å². The Labute approximate surface area is 75.8 Å². The minimum absolute atomic E-state index is 0. The average molecular weight is 317 g/mol. The third kappa shape index (κ3) is 2.97. The summed E-state index contributed by atoms with van der Waals surface area (Å²) in [4.78, 5) is 0. The van der Waals surface area contributed by atoms with Gasteiger partial charge in [0.2, 0.25) is 0 Å². The van der Waals surface area contributed by atoms with Gasteiger partial charge in [-0.3, -0.25) is 0 Å². The second kappa shape index (κ2) is 4.95. The van der Waals surface area contributed by atoms with Crippen molar-refractivity contribution in [3.63, 3.8) is 0 Å². The quantitative estimate of drug-likeness (QED) is 0.733. The number of hydrogen-bond acceptors (Lipinski definition) is 0. The van der Waals surface area contributed by atoms with Crippen molar-refractivity contribution in [1.29, 1.82) is 0 Å². The molecule has 9 heavy (non-hydrogen) atoms. The summed E-state index contributed by atoms with van der Waals surface area (Å²) in [5.74, 6) is 0. The van der Waals surface area contributed by atoms with E-state index in [2.05, 4.69) is 31.2 Å². The molecule has 0 fully saturated rings. The van der Waals surface area contributed by atoms with E-state index in [1.807, 2.05) is 6.07 Å². The van der Waals surface area contributed by atoms with Crippen LogP contribution in [0.4, 0.5) is 0 Å². The molecule has 0 heterocycles. The first-order chi connectivity index (χ1) is 3.93. The Hall–Kier alpha value is 0.116. The van der Waals surface area contributed by atoms with Crippen molar-refractivity contribution in [2.45, 2.75) is 13.3 Å². The van der Waals surface area contributed by atoms with E-state index in [-0.39, 0.29) is 26.6 Å². The Bertz CT molecular complexity index is 146. The van der Waals surface area contributed by atoms with Gasteiger partial charge in [-0.2, -0.15) is 0 Å². The van der Waals surface area contributed by atoms with Crippen LogP contribution in [0.2, 0.25) is 0 Å². The van der Waals surface area contributed by atoms with Gasteiger partial charge in [0.25, 0.3) is 0 Å². The Morgan fingerprint density at radius 1 is 1.11 bits per heavy atom. The summed E-state index contributed by atoms with van der Waals surface area (Å²) in [6.07, 6.45) is 1.14. The molecule has 0 saturated carbocycles. The Morgan fingerprint density at radius 3 is 2.00 bits per heavy atom. The fourth-order valence-electron chi connectivity index (χ4n) is 0.714. The van der Waals surface area contributed by atoms with Gasteiger partial charge in [0.15, 0.2) is 0 Å². The molecule has 0 aliphatic rings. The number of hydrogen-bond donors (Lipinski definition) is 0. The maximum atomic E-state index is 2.16. The van der Waals surface area contributed by atoms with Crippen LogP contribution >= 0.6 is 0 Å². The summed E-state index contributed by atoms with van der Waals surface area (Å²) < 4.78 is 0. The standard InChI is InChI=1S/C8H10.Po.2H/c1-2-8-6-4-3-5-7-8;;;/h3-7H,2H2,1H3;;;. The van der Waals surface area contributed by atoms with Gasteiger partial charge in [0.05, 0.1) is 0 Å². The molecule has 0 spiro atoms. The molecule has 1 aromatic carbocycles. The zero-order valence-electron chi connectivity index (χ0n) is 5.59. The molecule has 0 unspecified atom stereocenters. The first kappa shape index (κ1) is 9.12. The average Bonchev–Trinajstić information content (AvgIpc) is 1.90. The molecule has 0 aliphatic heterocycles. The molecule has 0 aromatic heterocycles. The van der Waals surface area contributed by atoms with E-state index in [9.17, 15) is 0 Å². The second-order valence-corrected chi connectivity index (χ2v) is 1.84. The molecule has 0 amide bonds. The van der Waals surface area contributed by atoms with E-state index in [0.29, 0.717) is 0 Å². The van der Waals surface area contributed by atoms with E-state index in [0.717, 1.165) is 6.42 Å². The van der Waals surface area contributed by atoms with Crippen molar-refractivity contribution in [3.8, 4) is 0 Å². The normalized spacial score (nSPS) is 8.11. The zero-order chi connectivity index (χ0) is 5.82. The van der Waals surface area contributed by atoms with Crippen LogP contribution < -0.4 is 0 Å². The molecule has 0 atom stereocenters. The van der Waals surface area contributed by atoms with Crippen LogP contribution in [0.25, 0.3) is 0 Å². The third-order valence-electron chi connectivity index (χ3n) is 1.25. The third-order valence-corrected chi connectivity index (χ3v) is 1.25. The summed E-state index contributed by atoms with van der Waals surface area (Å²) in [6.45, 7) is 2.16. The van der Waals surface area contributed by atoms with Crippen molar-refractivity contribution < 1.29 is 0 Å². The Kier molecular flexibility index (Phi) is 5.01. The van der Waals surface area contributed by atoms with Crippen molar-refractivity contribution in [3.05, 3.63) is 35.9 Å². The molecule has 0 nitrogen and oxygen atoms in total. The van der Waals surface area contributed by atoms with E-state index in [4.69, 9.17) is 0 Å². The van der Waals surface area contributed by atoms with Crippen molar-refractivity contribution in [1.82, 2.24) is 0 Å². The van der Waals surface area contributed by atoms with E-state index in [1.165, 1.54) is 5.56 Å². The minimum atomic E-state index is 0. The number of benzene rings is 1. The second-order valence-electron chi connectivity index (χ2n) is 1.84. The van der Waals surface area contributed by atoms with E-state index < -0.39 is 0 Å². The molecular weight excluding hydrogens is 305 g/mol. The van der Waals surface area contributed by atoms with Crippen LogP contribution in [0.1, 0.15) is 12.5 Å². The molecule has 0 aliphatic carbocycles. The fraction of sp³-hybridized carbons (Fsp3) is 0.250. The van der Waals surface area contributed by atoms with Crippen LogP contribution in [0.3, 0.4) is 0 Å². The Balaban J connectivity index is 0.000000640. The topological polar surface area (TPSA) is 0 Å². The van der Waals surface area contributed by atoms with Gasteiger partial charge in [-0.05, 0) is 12.0 Å². The molecular formula is C8H12Po. The molecule has 0 saturated heterocycles. The van der Waals surface area contributed by atoms with Crippen molar-refractivity contribution >= 4 is 26.6 Å². The summed E-state index contributed by atoms with van der Waals surface area (Å²) in [6, 6.07) is 10.5. The van der Waals surface area contributed by atoms with Crippen LogP contribution in [-0.4, -0.2) is 26.6 Å². The van der Waals surface area contributed by atoms with Gasteiger partial charge in [-0.25, -0.2) is 0 Å². The molecule has 0 radical (unpaired) electrons. The monoisotopic (exact) mass is 317 g/mol. The fourth-order valence-corrected chi connectivity index (χ4v) is 0.714. The summed E-state index contributed by atoms with van der Waals surface area (Å²) in [5, 5.41) is 0. The van der Waals surface area contributed by atoms with Gasteiger partial charge in [-0.1, -0.05) is 37.3 Å². The predicted octanol–water partition coefficient (Wildman–Crippen LogP) is 1.33. The summed E-state index contributed by atoms with van der Waals surface area (Å²) >= 11 is 0. The number of rotatable bonds is 1. The van der Waals surface area contributed by atoms with Crippen LogP contribution in [0.5, 0.6) is 0 Å². The van der Waals surface area contributed by atoms with E-state index in [1.54, 1.807) is 0 Å². The SMILES string of the molecule is CCc1ccccc1.[PoH2]. The summed E-state index contributed by atoms with van der Waals surface area (Å²) in [5.41, 5.74) is 1.41.